The molecule has 43 heavy (non-hydrogen) atoms. The summed E-state index contributed by atoms with van der Waals surface area (Å²) in [5, 5.41) is 35.0. The maximum Gasteiger partial charge on any atom is 0.223 e. The number of nitriles is 1. The monoisotopic (exact) mass is 596 g/mol. The first-order valence-electron chi connectivity index (χ1n) is 15.2. The molecule has 7 rings (SSSR count). The lowest BCUT2D eigenvalue weighted by molar-refractivity contribution is -0.127. The minimum atomic E-state index is 0.141. The van der Waals surface area contributed by atoms with Crippen molar-refractivity contribution in [3.05, 3.63) is 42.2 Å². The van der Waals surface area contributed by atoms with E-state index >= 15 is 0 Å². The number of nitrogens with zero attached hydrogens (tertiary/aromatic N) is 7. The molecule has 0 aromatic carbocycles. The Labute approximate surface area is 254 Å². The molecule has 1 saturated carbocycles. The minimum absolute atomic E-state index is 0.141. The van der Waals surface area contributed by atoms with E-state index in [9.17, 15) is 10.1 Å². The third-order valence-corrected chi connectivity index (χ3v) is 10.0. The second-order valence-electron chi connectivity index (χ2n) is 12.3. The zero-order valence-corrected chi connectivity index (χ0v) is 25.3. The summed E-state index contributed by atoms with van der Waals surface area (Å²) in [7, 11) is 0. The summed E-state index contributed by atoms with van der Waals surface area (Å²) >= 11 is 1.59. The molecule has 4 aromatic rings. The molecule has 11 nitrogen and oxygen atoms in total. The Kier molecular flexibility index (Phi) is 7.44. The molecule has 2 bridgehead atoms. The number of anilines is 2. The zero-order chi connectivity index (χ0) is 29.5. The van der Waals surface area contributed by atoms with Gasteiger partial charge in [0.1, 0.15) is 6.07 Å². The summed E-state index contributed by atoms with van der Waals surface area (Å²) in [6.45, 7) is 7.85. The van der Waals surface area contributed by atoms with Crippen LogP contribution in [-0.2, 0) is 4.79 Å². The van der Waals surface area contributed by atoms with Crippen LogP contribution in [0.1, 0.15) is 45.1 Å². The third kappa shape index (κ3) is 5.43. The standard InChI is InChI=1S/C31H36N10OS/c1-18(2)36-25-12-26(27-6-5-23-11-19(13-32)14-35-41(23)27)34-15-24(25)30-38-39-31(43-30)40-16-21-3-4-22(17-40)28(21)37-29(42)20-7-9-33-10-8-20/h5-6,11-12,14-15,18,20-22,28,33H,3-4,7-10,16-17H2,1-2H3,(H,34,36)(H,37,42)/t21-,22+,28+. The van der Waals surface area contributed by atoms with Crippen molar-refractivity contribution in [1.82, 2.24) is 35.4 Å². The lowest BCUT2D eigenvalue weighted by Gasteiger charge is -2.38. The first-order chi connectivity index (χ1) is 21.0. The highest BCUT2D eigenvalue weighted by Crippen LogP contribution is 2.41. The highest BCUT2D eigenvalue weighted by molar-refractivity contribution is 7.18. The molecule has 0 unspecified atom stereocenters. The van der Waals surface area contributed by atoms with Gasteiger partial charge in [0.05, 0.1) is 34.2 Å². The van der Waals surface area contributed by atoms with Crippen molar-refractivity contribution >= 4 is 33.6 Å². The van der Waals surface area contributed by atoms with Crippen LogP contribution < -0.4 is 20.9 Å². The van der Waals surface area contributed by atoms with Gasteiger partial charge in [-0.05, 0) is 88.7 Å². The molecule has 0 spiro atoms. The van der Waals surface area contributed by atoms with E-state index in [1.807, 2.05) is 30.5 Å². The van der Waals surface area contributed by atoms with Crippen LogP contribution in [0.25, 0.3) is 27.5 Å². The van der Waals surface area contributed by atoms with E-state index in [4.69, 9.17) is 4.98 Å². The minimum Gasteiger partial charge on any atom is -0.382 e. The number of carbonyl (C=O) groups excluding carboxylic acids is 1. The van der Waals surface area contributed by atoms with Crippen molar-refractivity contribution in [3.63, 3.8) is 0 Å². The zero-order valence-electron chi connectivity index (χ0n) is 24.5. The summed E-state index contributed by atoms with van der Waals surface area (Å²) in [5.41, 5.74) is 4.84. The van der Waals surface area contributed by atoms with Gasteiger partial charge in [-0.3, -0.25) is 9.78 Å². The number of fused-ring (bicyclic) bond motifs is 3. The van der Waals surface area contributed by atoms with Crippen molar-refractivity contribution in [2.24, 2.45) is 17.8 Å². The Morgan fingerprint density at radius 2 is 1.88 bits per heavy atom. The van der Waals surface area contributed by atoms with E-state index < -0.39 is 0 Å². The molecule has 1 aliphatic carbocycles. The summed E-state index contributed by atoms with van der Waals surface area (Å²) in [6.07, 6.45) is 7.56. The Morgan fingerprint density at radius 3 is 2.63 bits per heavy atom. The number of rotatable bonds is 7. The molecule has 222 valence electrons. The van der Waals surface area contributed by atoms with Gasteiger partial charge in [-0.25, -0.2) is 4.52 Å². The van der Waals surface area contributed by atoms with Crippen molar-refractivity contribution in [3.8, 4) is 28.0 Å². The van der Waals surface area contributed by atoms with E-state index in [1.54, 1.807) is 22.0 Å². The van der Waals surface area contributed by atoms with Gasteiger partial charge in [0, 0.05) is 43.0 Å². The molecule has 3 aliphatic rings. The van der Waals surface area contributed by atoms with Crippen LogP contribution in [0.4, 0.5) is 10.8 Å². The smallest absolute Gasteiger partial charge is 0.223 e. The molecule has 12 heteroatoms. The normalized spacial score (nSPS) is 22.2. The second kappa shape index (κ2) is 11.5. The van der Waals surface area contributed by atoms with Gasteiger partial charge in [-0.15, -0.1) is 10.2 Å². The van der Waals surface area contributed by atoms with Gasteiger partial charge in [-0.2, -0.15) is 10.4 Å². The first kappa shape index (κ1) is 27.7. The Balaban J connectivity index is 1.10. The van der Waals surface area contributed by atoms with Crippen molar-refractivity contribution in [2.45, 2.75) is 51.6 Å². The number of piperidine rings is 2. The Bertz CT molecular complexity index is 1670. The molecule has 3 atom stereocenters. The van der Waals surface area contributed by atoms with Crippen LogP contribution in [0.3, 0.4) is 0 Å². The van der Waals surface area contributed by atoms with E-state index in [2.05, 4.69) is 56.1 Å². The van der Waals surface area contributed by atoms with Gasteiger partial charge >= 0.3 is 0 Å². The predicted octanol–water partition coefficient (Wildman–Crippen LogP) is 3.94. The maximum atomic E-state index is 13.0. The van der Waals surface area contributed by atoms with E-state index in [1.165, 1.54) is 0 Å². The van der Waals surface area contributed by atoms with Crippen LogP contribution >= 0.6 is 11.3 Å². The second-order valence-corrected chi connectivity index (χ2v) is 13.2. The van der Waals surface area contributed by atoms with Gasteiger partial charge in [0.2, 0.25) is 11.0 Å². The predicted molar refractivity (Wildman–Crippen MR) is 167 cm³/mol. The van der Waals surface area contributed by atoms with Crippen molar-refractivity contribution in [2.75, 3.05) is 36.4 Å². The Hall–Kier alpha value is -4.08. The lowest BCUT2D eigenvalue weighted by Crippen LogP contribution is -2.54. The fraction of sp³-hybridized carbons (Fsp3) is 0.484. The molecule has 6 heterocycles. The quantitative estimate of drug-likeness (QED) is 0.290. The summed E-state index contributed by atoms with van der Waals surface area (Å²) < 4.78 is 1.80. The number of amides is 1. The molecular formula is C31H36N10OS. The van der Waals surface area contributed by atoms with E-state index in [0.717, 1.165) is 90.2 Å². The van der Waals surface area contributed by atoms with Crippen LogP contribution in [0.15, 0.2) is 36.7 Å². The van der Waals surface area contributed by atoms with E-state index in [-0.39, 0.29) is 23.9 Å². The van der Waals surface area contributed by atoms with Crippen LogP contribution in [0, 0.1) is 29.1 Å². The topological polar surface area (TPSA) is 136 Å². The number of pyridine rings is 1. The summed E-state index contributed by atoms with van der Waals surface area (Å²) in [4.78, 5) is 20.2. The van der Waals surface area contributed by atoms with Gasteiger partial charge in [0.15, 0.2) is 5.01 Å². The Morgan fingerprint density at radius 1 is 1.09 bits per heavy atom. The van der Waals surface area contributed by atoms with Crippen LogP contribution in [-0.4, -0.2) is 69.0 Å². The molecule has 0 radical (unpaired) electrons. The fourth-order valence-corrected chi connectivity index (χ4v) is 7.77. The molecule has 3 fully saturated rings. The summed E-state index contributed by atoms with van der Waals surface area (Å²) in [5.74, 6) is 1.25. The molecule has 4 aromatic heterocycles. The van der Waals surface area contributed by atoms with Crippen molar-refractivity contribution < 1.29 is 4.79 Å². The molecule has 2 aliphatic heterocycles. The number of hydrogen-bond donors (Lipinski definition) is 3. The summed E-state index contributed by atoms with van der Waals surface area (Å²) in [6, 6.07) is 10.4. The highest BCUT2D eigenvalue weighted by Gasteiger charge is 2.44. The average Bonchev–Trinajstić information content (AvgIpc) is 3.73. The number of aromatic nitrogens is 5. The lowest BCUT2D eigenvalue weighted by atomic mass is 9.90. The van der Waals surface area contributed by atoms with Crippen LogP contribution in [0.2, 0.25) is 0 Å². The molecular weight excluding hydrogens is 560 g/mol. The van der Waals surface area contributed by atoms with Gasteiger partial charge in [-0.1, -0.05) is 11.3 Å². The fourth-order valence-electron chi connectivity index (χ4n) is 6.88. The molecule has 2 saturated heterocycles. The maximum absolute atomic E-state index is 13.0. The molecule has 1 amide bonds. The van der Waals surface area contributed by atoms with Crippen LogP contribution in [0.5, 0.6) is 0 Å². The third-order valence-electron chi connectivity index (χ3n) is 9.01. The van der Waals surface area contributed by atoms with Crippen molar-refractivity contribution in [1.29, 1.82) is 5.26 Å². The molecule has 3 N–H and O–H groups in total. The van der Waals surface area contributed by atoms with E-state index in [0.29, 0.717) is 17.4 Å². The first-order valence-corrected chi connectivity index (χ1v) is 16.0. The SMILES string of the molecule is CC(C)Nc1cc(-c2ccc3cc(C#N)cnn23)ncc1-c1nnc(N2C[C@H]3CC[C@@H](C2)[C@H]3NC(=O)C2CCNCC2)s1. The van der Waals surface area contributed by atoms with Gasteiger partial charge in [0.25, 0.3) is 0 Å². The number of hydrogen-bond acceptors (Lipinski definition) is 10. The number of carbonyl (C=O) groups is 1. The van der Waals surface area contributed by atoms with Gasteiger partial charge < -0.3 is 20.9 Å². The highest BCUT2D eigenvalue weighted by atomic mass is 32.1. The number of nitrogens with one attached hydrogen (secondary N) is 3. The largest absolute Gasteiger partial charge is 0.382 e. The average molecular weight is 597 g/mol.